The van der Waals surface area contributed by atoms with Gasteiger partial charge in [-0.05, 0) is 40.0 Å². The van der Waals surface area contributed by atoms with Crippen LogP contribution < -0.4 is 10.0 Å². The van der Waals surface area contributed by atoms with Crippen molar-refractivity contribution >= 4 is 37.5 Å². The largest absolute Gasteiger partial charge is 0.324 e. The van der Waals surface area contributed by atoms with Crippen molar-refractivity contribution in [1.29, 1.82) is 0 Å². The lowest BCUT2D eigenvalue weighted by Crippen LogP contribution is -2.34. The van der Waals surface area contributed by atoms with Crippen LogP contribution in [0.5, 0.6) is 0 Å². The number of benzene rings is 2. The third kappa shape index (κ3) is 6.13. The lowest BCUT2D eigenvalue weighted by molar-refractivity contribution is -0.115. The van der Waals surface area contributed by atoms with Crippen molar-refractivity contribution in [3.63, 3.8) is 0 Å². The molecule has 0 unspecified atom stereocenters. The number of halogens is 1. The van der Waals surface area contributed by atoms with Gasteiger partial charge >= 0.3 is 0 Å². The molecule has 0 atom stereocenters. The van der Waals surface area contributed by atoms with E-state index in [1.54, 1.807) is 18.2 Å². The van der Waals surface area contributed by atoms with Gasteiger partial charge in [0.1, 0.15) is 0 Å². The Morgan fingerprint density at radius 1 is 1.00 bits per heavy atom. The van der Waals surface area contributed by atoms with Crippen molar-refractivity contribution in [2.75, 3.05) is 17.6 Å². The third-order valence-electron chi connectivity index (χ3n) is 3.10. The van der Waals surface area contributed by atoms with Crippen LogP contribution in [-0.2, 0) is 21.2 Å². The van der Waals surface area contributed by atoms with Crippen molar-refractivity contribution in [2.24, 2.45) is 0 Å². The summed E-state index contributed by atoms with van der Waals surface area (Å²) in [5.41, 5.74) is 1.54. The second-order valence-corrected chi connectivity index (χ2v) is 7.68. The number of rotatable bonds is 7. The van der Waals surface area contributed by atoms with E-state index in [0.717, 1.165) is 10.0 Å². The maximum atomic E-state index is 11.9. The summed E-state index contributed by atoms with van der Waals surface area (Å²) >= 11 is 3.31. The van der Waals surface area contributed by atoms with E-state index in [4.69, 9.17) is 0 Å². The quantitative estimate of drug-likeness (QED) is 0.754. The third-order valence-corrected chi connectivity index (χ3v) is 5.12. The lowest BCUT2D eigenvalue weighted by atomic mass is 10.2. The average Bonchev–Trinajstić information content (AvgIpc) is 2.55. The maximum absolute atomic E-state index is 11.9. The fourth-order valence-electron chi connectivity index (χ4n) is 1.90. The van der Waals surface area contributed by atoms with E-state index >= 15 is 0 Å². The lowest BCUT2D eigenvalue weighted by Gasteiger charge is -2.09. The highest BCUT2D eigenvalue weighted by atomic mass is 79.9. The molecule has 0 fully saturated rings. The Labute approximate surface area is 144 Å². The predicted molar refractivity (Wildman–Crippen MR) is 94.7 cm³/mol. The zero-order valence-electron chi connectivity index (χ0n) is 12.3. The fourth-order valence-corrected chi connectivity index (χ4v) is 3.29. The molecule has 0 saturated heterocycles. The van der Waals surface area contributed by atoms with E-state index < -0.39 is 15.9 Å². The first kappa shape index (κ1) is 17.7. The fraction of sp³-hybridized carbons (Fsp3) is 0.188. The summed E-state index contributed by atoms with van der Waals surface area (Å²) in [5.74, 6) is -0.473. The van der Waals surface area contributed by atoms with Gasteiger partial charge in [0, 0.05) is 4.47 Å². The number of aryl methyl sites for hydroxylation is 1. The molecule has 0 aliphatic rings. The number of anilines is 1. The molecule has 2 aromatic carbocycles. The number of hydrogen-bond donors (Lipinski definition) is 2. The van der Waals surface area contributed by atoms with E-state index in [1.165, 1.54) is 0 Å². The summed E-state index contributed by atoms with van der Waals surface area (Å²) < 4.78 is 26.9. The first-order valence-electron chi connectivity index (χ1n) is 7.02. The van der Waals surface area contributed by atoms with Crippen LogP contribution in [0.2, 0.25) is 0 Å². The molecule has 0 bridgehead atoms. The van der Waals surface area contributed by atoms with Crippen molar-refractivity contribution in [3.05, 3.63) is 64.6 Å². The number of nitrogens with one attached hydrogen (secondary N) is 2. The molecule has 7 heteroatoms. The van der Waals surface area contributed by atoms with Gasteiger partial charge in [-0.3, -0.25) is 4.79 Å². The van der Waals surface area contributed by atoms with Gasteiger partial charge in [0.15, 0.2) is 0 Å². The van der Waals surface area contributed by atoms with E-state index in [-0.39, 0.29) is 12.3 Å². The van der Waals surface area contributed by atoms with Crippen LogP contribution in [-0.4, -0.2) is 26.6 Å². The van der Waals surface area contributed by atoms with Gasteiger partial charge in [-0.1, -0.05) is 42.5 Å². The van der Waals surface area contributed by atoms with Gasteiger partial charge in [-0.15, -0.1) is 0 Å². The Balaban J connectivity index is 1.82. The van der Waals surface area contributed by atoms with E-state index in [9.17, 15) is 13.2 Å². The Bertz CT molecular complexity index is 764. The van der Waals surface area contributed by atoms with Crippen molar-refractivity contribution < 1.29 is 13.2 Å². The second kappa shape index (κ2) is 8.24. The molecular formula is C16H17BrN2O3S. The summed E-state index contributed by atoms with van der Waals surface area (Å²) in [7, 11) is -3.50. The van der Waals surface area contributed by atoms with E-state index in [2.05, 4.69) is 26.0 Å². The van der Waals surface area contributed by atoms with Crippen LogP contribution in [0.15, 0.2) is 59.1 Å². The molecule has 0 aliphatic carbocycles. The molecule has 2 rings (SSSR count). The average molecular weight is 397 g/mol. The van der Waals surface area contributed by atoms with E-state index in [0.29, 0.717) is 12.1 Å². The molecule has 5 nitrogen and oxygen atoms in total. The minimum atomic E-state index is -3.50. The smallest absolute Gasteiger partial charge is 0.239 e. The summed E-state index contributed by atoms with van der Waals surface area (Å²) in [6.45, 7) is -0.293. The number of carbonyl (C=O) groups excluding carboxylic acids is 1. The number of para-hydroxylation sites is 1. The molecular weight excluding hydrogens is 380 g/mol. The second-order valence-electron chi connectivity index (χ2n) is 4.90. The minimum absolute atomic E-state index is 0.0562. The van der Waals surface area contributed by atoms with Crippen LogP contribution in [0.3, 0.4) is 0 Å². The van der Waals surface area contributed by atoms with Gasteiger partial charge in [0.05, 0.1) is 18.0 Å². The van der Waals surface area contributed by atoms with Crippen LogP contribution >= 0.6 is 15.9 Å². The van der Waals surface area contributed by atoms with Gasteiger partial charge in [0.25, 0.3) is 0 Å². The molecule has 0 radical (unpaired) electrons. The van der Waals surface area contributed by atoms with Crippen LogP contribution in [0, 0.1) is 0 Å². The van der Waals surface area contributed by atoms with Gasteiger partial charge < -0.3 is 5.32 Å². The van der Waals surface area contributed by atoms with Crippen LogP contribution in [0.1, 0.15) is 5.56 Å². The van der Waals surface area contributed by atoms with Crippen LogP contribution in [0.4, 0.5) is 5.69 Å². The van der Waals surface area contributed by atoms with Gasteiger partial charge in [-0.25, -0.2) is 13.1 Å². The Kier molecular flexibility index (Phi) is 6.32. The molecule has 0 aromatic heterocycles. The molecule has 0 spiro atoms. The molecule has 2 N–H and O–H groups in total. The molecule has 23 heavy (non-hydrogen) atoms. The first-order chi connectivity index (χ1) is 11.0. The van der Waals surface area contributed by atoms with Crippen molar-refractivity contribution in [3.8, 4) is 0 Å². The SMILES string of the molecule is O=C(CNS(=O)(=O)CCc1ccccc1)Nc1ccccc1Br. The molecule has 0 heterocycles. The number of carbonyl (C=O) groups is 1. The number of sulfonamides is 1. The standard InChI is InChI=1S/C16H17BrN2O3S/c17-14-8-4-5-9-15(14)19-16(20)12-18-23(21,22)11-10-13-6-2-1-3-7-13/h1-9,18H,10-12H2,(H,19,20). The van der Waals surface area contributed by atoms with Gasteiger partial charge in [-0.2, -0.15) is 0 Å². The molecule has 122 valence electrons. The van der Waals surface area contributed by atoms with Crippen LogP contribution in [0.25, 0.3) is 0 Å². The summed E-state index contributed by atoms with van der Waals surface area (Å²) in [4.78, 5) is 11.8. The predicted octanol–water partition coefficient (Wildman–Crippen LogP) is 2.55. The highest BCUT2D eigenvalue weighted by molar-refractivity contribution is 9.10. The Hall–Kier alpha value is -1.70. The highest BCUT2D eigenvalue weighted by Crippen LogP contribution is 2.20. The first-order valence-corrected chi connectivity index (χ1v) is 9.46. The monoisotopic (exact) mass is 396 g/mol. The molecule has 1 amide bonds. The zero-order valence-corrected chi connectivity index (χ0v) is 14.7. The van der Waals surface area contributed by atoms with E-state index in [1.807, 2.05) is 36.4 Å². The Morgan fingerprint density at radius 3 is 2.35 bits per heavy atom. The molecule has 0 aliphatic heterocycles. The zero-order chi connectivity index (χ0) is 16.7. The number of hydrogen-bond acceptors (Lipinski definition) is 3. The van der Waals surface area contributed by atoms with Crippen molar-refractivity contribution in [2.45, 2.75) is 6.42 Å². The normalized spacial score (nSPS) is 11.2. The Morgan fingerprint density at radius 2 is 1.65 bits per heavy atom. The van der Waals surface area contributed by atoms with Gasteiger partial charge in [0.2, 0.25) is 15.9 Å². The maximum Gasteiger partial charge on any atom is 0.239 e. The summed E-state index contributed by atoms with van der Waals surface area (Å²) in [6, 6.07) is 16.5. The molecule has 0 saturated carbocycles. The topological polar surface area (TPSA) is 75.3 Å². The highest BCUT2D eigenvalue weighted by Gasteiger charge is 2.13. The molecule has 2 aromatic rings. The minimum Gasteiger partial charge on any atom is -0.324 e. The van der Waals surface area contributed by atoms with Crippen molar-refractivity contribution in [1.82, 2.24) is 4.72 Å². The number of amides is 1. The summed E-state index contributed by atoms with van der Waals surface area (Å²) in [6.07, 6.45) is 0.405. The summed E-state index contributed by atoms with van der Waals surface area (Å²) in [5, 5.41) is 2.64.